The van der Waals surface area contributed by atoms with Crippen LogP contribution in [0.15, 0.2) is 35.5 Å². The lowest BCUT2D eigenvalue weighted by Gasteiger charge is -2.26. The van der Waals surface area contributed by atoms with Gasteiger partial charge in [-0.2, -0.15) is 0 Å². The Kier molecular flexibility index (Phi) is 3.48. The van der Waals surface area contributed by atoms with Gasteiger partial charge in [0.25, 0.3) is 5.91 Å². The van der Waals surface area contributed by atoms with Crippen molar-refractivity contribution < 1.29 is 14.3 Å². The van der Waals surface area contributed by atoms with Crippen LogP contribution in [0.5, 0.6) is 0 Å². The summed E-state index contributed by atoms with van der Waals surface area (Å²) in [5.41, 5.74) is -0.429. The molecule has 0 aromatic heterocycles. The molecule has 0 saturated heterocycles. The Morgan fingerprint density at radius 2 is 2.16 bits per heavy atom. The Labute approximate surface area is 115 Å². The number of anilines is 1. The van der Waals surface area contributed by atoms with Crippen molar-refractivity contribution in [2.75, 3.05) is 12.4 Å². The van der Waals surface area contributed by atoms with Gasteiger partial charge in [-0.1, -0.05) is 23.4 Å². The summed E-state index contributed by atoms with van der Waals surface area (Å²) >= 11 is 5.87. The van der Waals surface area contributed by atoms with Gasteiger partial charge in [-0.05, 0) is 12.1 Å². The maximum atomic E-state index is 12.2. The van der Waals surface area contributed by atoms with Gasteiger partial charge < -0.3 is 15.4 Å². The van der Waals surface area contributed by atoms with Gasteiger partial charge in [0, 0.05) is 18.2 Å². The third-order valence-corrected chi connectivity index (χ3v) is 3.03. The molecule has 6 heteroatoms. The second kappa shape index (κ2) is 4.93. The maximum absolute atomic E-state index is 12.2. The summed E-state index contributed by atoms with van der Waals surface area (Å²) in [5.74, 6) is -1.05. The number of nitrogens with one attached hydrogen (secondary N) is 1. The van der Waals surface area contributed by atoms with E-state index in [1.54, 1.807) is 24.3 Å². The van der Waals surface area contributed by atoms with Crippen LogP contribution in [0.4, 0.5) is 5.69 Å². The molecule has 0 bridgehead atoms. The molecule has 19 heavy (non-hydrogen) atoms. The summed E-state index contributed by atoms with van der Waals surface area (Å²) in [6, 6.07) is 6.95. The van der Waals surface area contributed by atoms with E-state index in [0.717, 1.165) is 0 Å². The number of hydrogen-bond donors (Lipinski definition) is 1. The molecule has 2 rings (SSSR count). The fraction of sp³-hybridized carbons (Fsp3) is 0.231. The number of rotatable bonds is 3. The molecule has 1 amide bonds. The summed E-state index contributed by atoms with van der Waals surface area (Å²) < 4.78 is 5.24. The van der Waals surface area contributed by atoms with E-state index in [0.29, 0.717) is 11.3 Å². The van der Waals surface area contributed by atoms with Gasteiger partial charge in [-0.25, -0.2) is 0 Å². The van der Waals surface area contributed by atoms with Crippen molar-refractivity contribution in [3.63, 3.8) is 0 Å². The number of halogens is 1. The number of nitrogens with zero attached hydrogens (tertiary/aromatic N) is 1. The monoisotopic (exact) mass is 279 g/mol. The first-order valence-corrected chi connectivity index (χ1v) is 5.96. The lowest BCUT2D eigenvalue weighted by Crippen LogP contribution is -2.37. The van der Waals surface area contributed by atoms with Gasteiger partial charge >= 0.3 is 5.97 Å². The number of hydrogen-bond acceptors (Lipinski definition) is 3. The van der Waals surface area contributed by atoms with Gasteiger partial charge in [0.1, 0.15) is 0 Å². The number of carbonyl (C=O) groups excluding carboxylic acids is 2. The average molecular weight is 280 g/mol. The zero-order valence-corrected chi connectivity index (χ0v) is 11.2. The summed E-state index contributed by atoms with van der Waals surface area (Å²) in [6.07, 6.45) is 1.33. The molecule has 1 aromatic rings. The predicted octanol–water partition coefficient (Wildman–Crippen LogP) is 2.48. The molecule has 1 aliphatic rings. The van der Waals surface area contributed by atoms with E-state index in [2.05, 4.69) is 10.6 Å². The normalized spacial score (nSPS) is 21.6. The smallest absolute Gasteiger partial charge is 0.304 e. The summed E-state index contributed by atoms with van der Waals surface area (Å²) in [4.78, 5) is 23.5. The minimum atomic E-state index is -1.56. The topological polar surface area (TPSA) is 69.5 Å². The molecule has 1 aromatic carbocycles. The van der Waals surface area contributed by atoms with Crippen molar-refractivity contribution in [1.29, 1.82) is 0 Å². The minimum Gasteiger partial charge on any atom is -0.677 e. The van der Waals surface area contributed by atoms with Crippen LogP contribution in [0.2, 0.25) is 0 Å². The van der Waals surface area contributed by atoms with Gasteiger partial charge in [0.2, 0.25) is 5.60 Å². The van der Waals surface area contributed by atoms with Gasteiger partial charge in [-0.15, -0.1) is 18.6 Å². The van der Waals surface area contributed by atoms with Crippen LogP contribution >= 0.6 is 11.6 Å². The first-order chi connectivity index (χ1) is 8.99. The second-order valence-corrected chi connectivity index (χ2v) is 4.41. The number of amides is 1. The molecule has 0 radical (unpaired) electrons. The summed E-state index contributed by atoms with van der Waals surface area (Å²) in [5, 5.41) is 6.52. The molecule has 0 aliphatic carbocycles. The molecule has 1 atom stereocenters. The van der Waals surface area contributed by atoms with Gasteiger partial charge in [0.15, 0.2) is 0 Å². The average Bonchev–Trinajstić information content (AvgIpc) is 2.62. The van der Waals surface area contributed by atoms with E-state index in [-0.39, 0.29) is 5.16 Å². The fourth-order valence-corrected chi connectivity index (χ4v) is 2.14. The first-order valence-electron chi connectivity index (χ1n) is 5.58. The van der Waals surface area contributed by atoms with Crippen molar-refractivity contribution in [3.8, 4) is 0 Å². The standard InChI is InChI=1S/C13H12ClN2O3/c1-8(17)19-13(7-11(14)15-2)9-5-3-4-6-10(9)16-12(13)18/h3-7H,1-2H3,(H,16,18)/q-1/b11-7+/t13-/m0/s1. The first kappa shape index (κ1) is 13.4. The number of fused-ring (bicyclic) bond motifs is 1. The number of ether oxygens (including phenoxy) is 1. The Morgan fingerprint density at radius 3 is 2.79 bits per heavy atom. The summed E-state index contributed by atoms with van der Waals surface area (Å²) in [7, 11) is 1.49. The van der Waals surface area contributed by atoms with Crippen LogP contribution in [0, 0.1) is 0 Å². The second-order valence-electron chi connectivity index (χ2n) is 4.02. The summed E-state index contributed by atoms with van der Waals surface area (Å²) in [6.45, 7) is 1.24. The van der Waals surface area contributed by atoms with E-state index in [4.69, 9.17) is 16.3 Å². The molecule has 1 N–H and O–H groups in total. The third-order valence-electron chi connectivity index (χ3n) is 2.75. The predicted molar refractivity (Wildman–Crippen MR) is 71.7 cm³/mol. The molecule has 100 valence electrons. The van der Waals surface area contributed by atoms with Gasteiger partial charge in [0.05, 0.1) is 0 Å². The van der Waals surface area contributed by atoms with E-state index in [9.17, 15) is 9.59 Å². The van der Waals surface area contributed by atoms with Crippen LogP contribution in [0.25, 0.3) is 5.32 Å². The fourth-order valence-electron chi connectivity index (χ4n) is 1.99. The van der Waals surface area contributed by atoms with Crippen molar-refractivity contribution in [3.05, 3.63) is 46.4 Å². The molecular formula is C13H12ClN2O3-. The quantitative estimate of drug-likeness (QED) is 0.682. The van der Waals surface area contributed by atoms with E-state index in [1.165, 1.54) is 20.0 Å². The number of para-hydroxylation sites is 1. The van der Waals surface area contributed by atoms with E-state index < -0.39 is 17.5 Å². The van der Waals surface area contributed by atoms with E-state index >= 15 is 0 Å². The number of benzene rings is 1. The Balaban J connectivity index is 2.61. The van der Waals surface area contributed by atoms with Crippen molar-refractivity contribution in [2.45, 2.75) is 12.5 Å². The highest BCUT2D eigenvalue weighted by molar-refractivity contribution is 6.31. The Hall–Kier alpha value is -2.01. The van der Waals surface area contributed by atoms with Crippen molar-refractivity contribution >= 4 is 29.2 Å². The highest BCUT2D eigenvalue weighted by Gasteiger charge is 2.48. The largest absolute Gasteiger partial charge is 0.677 e. The Morgan fingerprint density at radius 1 is 1.47 bits per heavy atom. The van der Waals surface area contributed by atoms with Crippen molar-refractivity contribution in [1.82, 2.24) is 0 Å². The number of esters is 1. The maximum Gasteiger partial charge on any atom is 0.304 e. The minimum absolute atomic E-state index is 0.0908. The lowest BCUT2D eigenvalue weighted by molar-refractivity contribution is -0.159. The van der Waals surface area contributed by atoms with Crippen LogP contribution in [-0.2, 0) is 19.9 Å². The molecule has 0 spiro atoms. The van der Waals surface area contributed by atoms with Crippen LogP contribution < -0.4 is 5.32 Å². The molecule has 0 fully saturated rings. The van der Waals surface area contributed by atoms with Crippen LogP contribution in [0.1, 0.15) is 12.5 Å². The molecular weight excluding hydrogens is 268 g/mol. The highest BCUT2D eigenvalue weighted by Crippen LogP contribution is 2.41. The van der Waals surface area contributed by atoms with Gasteiger partial charge in [-0.3, -0.25) is 9.59 Å². The highest BCUT2D eigenvalue weighted by atomic mass is 35.5. The Bertz CT molecular complexity index is 571. The SMILES string of the molecule is C[N-]/C(Cl)=C/[C@@]1(OC(C)=O)C(=O)Nc2ccccc21. The van der Waals surface area contributed by atoms with Crippen LogP contribution in [0.3, 0.4) is 0 Å². The van der Waals surface area contributed by atoms with E-state index in [1.807, 2.05) is 0 Å². The molecule has 1 heterocycles. The lowest BCUT2D eigenvalue weighted by atomic mass is 9.95. The zero-order valence-electron chi connectivity index (χ0n) is 10.4. The third kappa shape index (κ3) is 2.29. The molecule has 1 aliphatic heterocycles. The molecule has 5 nitrogen and oxygen atoms in total. The number of carbonyl (C=O) groups is 2. The van der Waals surface area contributed by atoms with Crippen LogP contribution in [-0.4, -0.2) is 18.9 Å². The van der Waals surface area contributed by atoms with Crippen molar-refractivity contribution in [2.24, 2.45) is 0 Å². The molecule has 0 unspecified atom stereocenters. The zero-order chi connectivity index (χ0) is 14.0. The molecule has 0 saturated carbocycles.